The summed E-state index contributed by atoms with van der Waals surface area (Å²) in [7, 11) is 0. The van der Waals surface area contributed by atoms with Gasteiger partial charge in [0, 0.05) is 11.6 Å². The number of halogens is 1. The summed E-state index contributed by atoms with van der Waals surface area (Å²) in [5, 5.41) is 31.9. The smallest absolute Gasteiger partial charge is 0.337 e. The number of nitrogens with one attached hydrogen (secondary N) is 1. The van der Waals surface area contributed by atoms with E-state index in [0.29, 0.717) is 21.6 Å². The zero-order valence-electron chi connectivity index (χ0n) is 12.0. The monoisotopic (exact) mass is 319 g/mol. The molecule has 1 unspecified atom stereocenters. The van der Waals surface area contributed by atoms with Crippen molar-refractivity contribution >= 4 is 34.2 Å². The van der Waals surface area contributed by atoms with Gasteiger partial charge in [-0.25, -0.2) is 4.79 Å². The molecule has 114 valence electrons. The molecule has 1 atom stereocenters. The van der Waals surface area contributed by atoms with Crippen LogP contribution in [0.15, 0.2) is 18.3 Å². The number of aliphatic carboxylic acids is 1. The third-order valence-electron chi connectivity index (χ3n) is 3.26. The summed E-state index contributed by atoms with van der Waals surface area (Å²) in [5.74, 6) is -1.36. The van der Waals surface area contributed by atoms with Crippen molar-refractivity contribution in [2.24, 2.45) is 0 Å². The maximum atomic E-state index is 11.0. The van der Waals surface area contributed by atoms with Gasteiger partial charge >= 0.3 is 5.97 Å². The number of hydrogen-bond acceptors (Lipinski definition) is 5. The van der Waals surface area contributed by atoms with Crippen LogP contribution < -0.4 is 5.32 Å². The normalized spacial score (nSPS) is 13.4. The summed E-state index contributed by atoms with van der Waals surface area (Å²) in [6, 6.07) is 5.54. The zero-order valence-corrected chi connectivity index (χ0v) is 12.8. The molecule has 0 saturated carbocycles. The Labute approximate surface area is 132 Å². The van der Waals surface area contributed by atoms with Crippen LogP contribution in [0.5, 0.6) is 0 Å². The maximum absolute atomic E-state index is 11.0. The molecule has 0 bridgehead atoms. The maximum Gasteiger partial charge on any atom is 0.337 e. The van der Waals surface area contributed by atoms with E-state index < -0.39 is 11.6 Å². The fraction of sp³-hybridized carbons (Fsp3) is 0.267. The first kappa shape index (κ1) is 16.0. The lowest BCUT2D eigenvalue weighted by molar-refractivity contribution is -0.155. The molecule has 0 amide bonds. The number of hydrogen-bond donors (Lipinski definition) is 3. The molecule has 1 heterocycles. The number of anilines is 1. The molecule has 6 nitrogen and oxygen atoms in total. The van der Waals surface area contributed by atoms with Gasteiger partial charge in [-0.1, -0.05) is 11.6 Å². The number of aryl methyl sites for hydroxylation is 1. The van der Waals surface area contributed by atoms with Gasteiger partial charge in [0.25, 0.3) is 0 Å². The predicted octanol–water partition coefficient (Wildman–Crippen LogP) is 2.32. The Bertz CT molecular complexity index is 797. The van der Waals surface area contributed by atoms with Gasteiger partial charge in [-0.05, 0) is 31.5 Å². The third-order valence-corrected chi connectivity index (χ3v) is 3.55. The molecule has 3 N–H and O–H groups in total. The van der Waals surface area contributed by atoms with Gasteiger partial charge in [0.15, 0.2) is 5.60 Å². The largest absolute Gasteiger partial charge is 0.479 e. The Balaban J connectivity index is 2.56. The third kappa shape index (κ3) is 2.96. The molecule has 2 rings (SSSR count). The fourth-order valence-corrected chi connectivity index (χ4v) is 2.33. The summed E-state index contributed by atoms with van der Waals surface area (Å²) < 4.78 is 0. The number of aromatic nitrogens is 1. The van der Waals surface area contributed by atoms with Gasteiger partial charge in [0.1, 0.15) is 6.07 Å². The van der Waals surface area contributed by atoms with Crippen molar-refractivity contribution in [3.8, 4) is 6.07 Å². The van der Waals surface area contributed by atoms with Crippen molar-refractivity contribution in [2.75, 3.05) is 11.9 Å². The molecule has 0 aliphatic carbocycles. The van der Waals surface area contributed by atoms with Crippen LogP contribution in [0.4, 0.5) is 5.69 Å². The first-order valence-electron chi connectivity index (χ1n) is 6.45. The second kappa shape index (κ2) is 5.79. The molecule has 7 heteroatoms. The molecular formula is C15H14ClN3O3. The van der Waals surface area contributed by atoms with E-state index in [0.717, 1.165) is 5.56 Å². The van der Waals surface area contributed by atoms with Gasteiger partial charge < -0.3 is 15.5 Å². The molecule has 1 aromatic carbocycles. The van der Waals surface area contributed by atoms with Gasteiger partial charge in [0.2, 0.25) is 0 Å². The van der Waals surface area contributed by atoms with Crippen molar-refractivity contribution in [3.05, 3.63) is 34.5 Å². The van der Waals surface area contributed by atoms with Crippen molar-refractivity contribution in [1.29, 1.82) is 5.26 Å². The highest BCUT2D eigenvalue weighted by molar-refractivity contribution is 6.35. The minimum Gasteiger partial charge on any atom is -0.479 e. The van der Waals surface area contributed by atoms with Crippen LogP contribution in [-0.2, 0) is 4.79 Å². The summed E-state index contributed by atoms with van der Waals surface area (Å²) >= 11 is 6.15. The SMILES string of the molecule is Cc1cc(Cl)c2ncc(C#N)c(NCC(C)(O)C(=O)O)c2c1. The van der Waals surface area contributed by atoms with E-state index in [1.165, 1.54) is 13.1 Å². The second-order valence-electron chi connectivity index (χ2n) is 5.23. The topological polar surface area (TPSA) is 106 Å². The minimum absolute atomic E-state index is 0.246. The van der Waals surface area contributed by atoms with E-state index in [2.05, 4.69) is 10.3 Å². The summed E-state index contributed by atoms with van der Waals surface area (Å²) in [5.41, 5.74) is 0.0665. The van der Waals surface area contributed by atoms with Crippen molar-refractivity contribution in [2.45, 2.75) is 19.4 Å². The second-order valence-corrected chi connectivity index (χ2v) is 5.64. The van der Waals surface area contributed by atoms with Crippen LogP contribution in [0.2, 0.25) is 5.02 Å². The van der Waals surface area contributed by atoms with E-state index in [9.17, 15) is 15.2 Å². The number of carboxylic acids is 1. The fourth-order valence-electron chi connectivity index (χ4n) is 2.01. The van der Waals surface area contributed by atoms with Gasteiger partial charge in [-0.2, -0.15) is 5.26 Å². The van der Waals surface area contributed by atoms with E-state index in [-0.39, 0.29) is 12.1 Å². The number of rotatable bonds is 4. The highest BCUT2D eigenvalue weighted by Gasteiger charge is 2.30. The summed E-state index contributed by atoms with van der Waals surface area (Å²) in [6.07, 6.45) is 1.36. The zero-order chi connectivity index (χ0) is 16.5. The van der Waals surface area contributed by atoms with Crippen molar-refractivity contribution in [3.63, 3.8) is 0 Å². The summed E-state index contributed by atoms with van der Waals surface area (Å²) in [4.78, 5) is 15.1. The van der Waals surface area contributed by atoms with Crippen LogP contribution in [0.25, 0.3) is 10.9 Å². The van der Waals surface area contributed by atoms with E-state index in [4.69, 9.17) is 16.7 Å². The Morgan fingerprint density at radius 2 is 2.23 bits per heavy atom. The molecule has 2 aromatic rings. The Morgan fingerprint density at radius 1 is 1.55 bits per heavy atom. The number of nitriles is 1. The molecule has 0 fully saturated rings. The lowest BCUT2D eigenvalue weighted by Crippen LogP contribution is -2.41. The molecule has 0 spiro atoms. The quantitative estimate of drug-likeness (QED) is 0.798. The number of benzene rings is 1. The number of nitrogens with zero attached hydrogens (tertiary/aromatic N) is 2. The van der Waals surface area contributed by atoms with Crippen molar-refractivity contribution in [1.82, 2.24) is 4.98 Å². The number of carbonyl (C=O) groups is 1. The van der Waals surface area contributed by atoms with Crippen LogP contribution in [0.1, 0.15) is 18.1 Å². The molecule has 1 aromatic heterocycles. The lowest BCUT2D eigenvalue weighted by Gasteiger charge is -2.20. The lowest BCUT2D eigenvalue weighted by atomic mass is 10.0. The minimum atomic E-state index is -1.96. The van der Waals surface area contributed by atoms with Crippen LogP contribution >= 0.6 is 11.6 Å². The molecule has 0 radical (unpaired) electrons. The Morgan fingerprint density at radius 3 is 2.82 bits per heavy atom. The van der Waals surface area contributed by atoms with E-state index >= 15 is 0 Å². The van der Waals surface area contributed by atoms with Crippen molar-refractivity contribution < 1.29 is 15.0 Å². The summed E-state index contributed by atoms with van der Waals surface area (Å²) in [6.45, 7) is 2.76. The molecule has 0 saturated heterocycles. The standard InChI is InChI=1S/C15H14ClN3O3/c1-8-3-10-12(19-7-15(2,22)14(20)21)9(5-17)6-18-13(10)11(16)4-8/h3-4,6,22H,7H2,1-2H3,(H,18,19)(H,20,21). The first-order chi connectivity index (χ1) is 10.3. The predicted molar refractivity (Wildman–Crippen MR) is 83.0 cm³/mol. The molecular weight excluding hydrogens is 306 g/mol. The van der Waals surface area contributed by atoms with Crippen LogP contribution in [0, 0.1) is 18.3 Å². The van der Waals surface area contributed by atoms with Gasteiger partial charge in [0.05, 0.1) is 28.3 Å². The molecule has 22 heavy (non-hydrogen) atoms. The van der Waals surface area contributed by atoms with Gasteiger partial charge in [-0.15, -0.1) is 0 Å². The number of pyridine rings is 1. The Hall–Kier alpha value is -2.36. The number of fused-ring (bicyclic) bond motifs is 1. The first-order valence-corrected chi connectivity index (χ1v) is 6.82. The average molecular weight is 320 g/mol. The highest BCUT2D eigenvalue weighted by atomic mass is 35.5. The van der Waals surface area contributed by atoms with Gasteiger partial charge in [-0.3, -0.25) is 4.98 Å². The molecule has 0 aliphatic rings. The molecule has 0 aliphatic heterocycles. The van der Waals surface area contributed by atoms with Crippen LogP contribution in [-0.4, -0.2) is 33.3 Å². The number of aliphatic hydroxyl groups is 1. The highest BCUT2D eigenvalue weighted by Crippen LogP contribution is 2.31. The average Bonchev–Trinajstić information content (AvgIpc) is 2.44. The van der Waals surface area contributed by atoms with E-state index in [1.807, 2.05) is 13.0 Å². The number of carboxylic acid groups (broad SMARTS) is 1. The van der Waals surface area contributed by atoms with E-state index in [1.54, 1.807) is 12.1 Å². The Kier molecular flexibility index (Phi) is 4.22. The van der Waals surface area contributed by atoms with Crippen LogP contribution in [0.3, 0.4) is 0 Å².